The van der Waals surface area contributed by atoms with Crippen LogP contribution in [-0.2, 0) is 4.79 Å². The number of nitrogens with one attached hydrogen (secondary N) is 1. The zero-order chi connectivity index (χ0) is 14.1. The second kappa shape index (κ2) is 5.00. The second-order valence-corrected chi connectivity index (χ2v) is 5.17. The molecule has 1 aliphatic carbocycles. The maximum absolute atomic E-state index is 12.1. The predicted molar refractivity (Wildman–Crippen MR) is 72.4 cm³/mol. The fraction of sp³-hybridized carbons (Fsp3) is 0.333. The van der Waals surface area contributed by atoms with Gasteiger partial charge in [-0.2, -0.15) is 0 Å². The molecule has 2 aromatic rings. The number of carboxylic acids is 1. The summed E-state index contributed by atoms with van der Waals surface area (Å²) < 4.78 is 5.49. The van der Waals surface area contributed by atoms with Crippen molar-refractivity contribution in [2.45, 2.75) is 25.3 Å². The SMILES string of the molecule is O=C(N[C@@H]1CC[C@@H](C(=O)O)C1)c1cc2ccccc2o1. The Morgan fingerprint density at radius 2 is 2.05 bits per heavy atom. The van der Waals surface area contributed by atoms with E-state index in [1.807, 2.05) is 24.3 Å². The molecule has 0 radical (unpaired) electrons. The van der Waals surface area contributed by atoms with Gasteiger partial charge in [0.2, 0.25) is 0 Å². The van der Waals surface area contributed by atoms with E-state index in [0.29, 0.717) is 24.8 Å². The molecular formula is C15H15NO4. The average molecular weight is 273 g/mol. The Morgan fingerprint density at radius 3 is 2.75 bits per heavy atom. The summed E-state index contributed by atoms with van der Waals surface area (Å²) in [6.07, 6.45) is 1.80. The Labute approximate surface area is 115 Å². The maximum Gasteiger partial charge on any atom is 0.306 e. The summed E-state index contributed by atoms with van der Waals surface area (Å²) in [5, 5.41) is 12.7. The third kappa shape index (κ3) is 2.39. The Kier molecular flexibility index (Phi) is 3.18. The number of carbonyl (C=O) groups is 2. The number of hydrogen-bond acceptors (Lipinski definition) is 3. The highest BCUT2D eigenvalue weighted by atomic mass is 16.4. The lowest BCUT2D eigenvalue weighted by Crippen LogP contribution is -2.33. The molecule has 1 fully saturated rings. The van der Waals surface area contributed by atoms with E-state index in [1.165, 1.54) is 0 Å². The largest absolute Gasteiger partial charge is 0.481 e. The molecule has 1 aromatic heterocycles. The molecule has 5 nitrogen and oxygen atoms in total. The van der Waals surface area contributed by atoms with Gasteiger partial charge in [-0.3, -0.25) is 9.59 Å². The van der Waals surface area contributed by atoms with E-state index < -0.39 is 5.97 Å². The maximum atomic E-state index is 12.1. The zero-order valence-corrected chi connectivity index (χ0v) is 10.8. The molecule has 5 heteroatoms. The van der Waals surface area contributed by atoms with Gasteiger partial charge in [-0.05, 0) is 31.4 Å². The summed E-state index contributed by atoms with van der Waals surface area (Å²) >= 11 is 0. The van der Waals surface area contributed by atoms with Crippen molar-refractivity contribution in [1.82, 2.24) is 5.32 Å². The summed E-state index contributed by atoms with van der Waals surface area (Å²) in [5.41, 5.74) is 0.674. The lowest BCUT2D eigenvalue weighted by Gasteiger charge is -2.10. The predicted octanol–water partition coefficient (Wildman–Crippen LogP) is 2.42. The fourth-order valence-electron chi connectivity index (χ4n) is 2.69. The molecular weight excluding hydrogens is 258 g/mol. The number of furan rings is 1. The van der Waals surface area contributed by atoms with Crippen molar-refractivity contribution in [3.63, 3.8) is 0 Å². The van der Waals surface area contributed by atoms with Gasteiger partial charge in [0.1, 0.15) is 5.58 Å². The van der Waals surface area contributed by atoms with E-state index in [9.17, 15) is 9.59 Å². The van der Waals surface area contributed by atoms with Crippen LogP contribution in [0.25, 0.3) is 11.0 Å². The molecule has 3 rings (SSSR count). The van der Waals surface area contributed by atoms with Crippen molar-refractivity contribution in [2.75, 3.05) is 0 Å². The molecule has 1 aliphatic rings. The van der Waals surface area contributed by atoms with Crippen LogP contribution in [0.15, 0.2) is 34.7 Å². The van der Waals surface area contributed by atoms with Gasteiger partial charge in [0.15, 0.2) is 5.76 Å². The van der Waals surface area contributed by atoms with E-state index in [-0.39, 0.29) is 23.6 Å². The van der Waals surface area contributed by atoms with Crippen LogP contribution in [-0.4, -0.2) is 23.0 Å². The van der Waals surface area contributed by atoms with Crippen LogP contribution < -0.4 is 5.32 Å². The van der Waals surface area contributed by atoms with Gasteiger partial charge in [-0.25, -0.2) is 0 Å². The molecule has 1 heterocycles. The first-order valence-corrected chi connectivity index (χ1v) is 6.66. The molecule has 1 amide bonds. The quantitative estimate of drug-likeness (QED) is 0.900. The first-order valence-electron chi connectivity index (χ1n) is 6.66. The van der Waals surface area contributed by atoms with Crippen LogP contribution in [0.4, 0.5) is 0 Å². The van der Waals surface area contributed by atoms with Crippen molar-refractivity contribution in [3.05, 3.63) is 36.1 Å². The highest BCUT2D eigenvalue weighted by Gasteiger charge is 2.31. The number of para-hydroxylation sites is 1. The van der Waals surface area contributed by atoms with Crippen LogP contribution in [0, 0.1) is 5.92 Å². The lowest BCUT2D eigenvalue weighted by molar-refractivity contribution is -0.141. The molecule has 104 valence electrons. The van der Waals surface area contributed by atoms with Crippen molar-refractivity contribution in [1.29, 1.82) is 0 Å². The van der Waals surface area contributed by atoms with Crippen molar-refractivity contribution >= 4 is 22.8 Å². The minimum Gasteiger partial charge on any atom is -0.481 e. The Morgan fingerprint density at radius 1 is 1.25 bits per heavy atom. The van der Waals surface area contributed by atoms with Crippen LogP contribution in [0.5, 0.6) is 0 Å². The number of carboxylic acid groups (broad SMARTS) is 1. The average Bonchev–Trinajstić information content (AvgIpc) is 3.04. The number of carbonyl (C=O) groups excluding carboxylic acids is 1. The third-order valence-electron chi connectivity index (χ3n) is 3.77. The van der Waals surface area contributed by atoms with E-state index in [1.54, 1.807) is 6.07 Å². The molecule has 2 atom stereocenters. The van der Waals surface area contributed by atoms with E-state index in [0.717, 1.165) is 5.39 Å². The highest BCUT2D eigenvalue weighted by molar-refractivity contribution is 5.96. The Hall–Kier alpha value is -2.30. The summed E-state index contributed by atoms with van der Waals surface area (Å²) in [6, 6.07) is 9.04. The van der Waals surface area contributed by atoms with Crippen molar-refractivity contribution in [2.24, 2.45) is 5.92 Å². The molecule has 0 unspecified atom stereocenters. The number of aliphatic carboxylic acids is 1. The number of fused-ring (bicyclic) bond motifs is 1. The molecule has 0 bridgehead atoms. The molecule has 0 aliphatic heterocycles. The molecule has 0 spiro atoms. The highest BCUT2D eigenvalue weighted by Crippen LogP contribution is 2.26. The smallest absolute Gasteiger partial charge is 0.306 e. The van der Waals surface area contributed by atoms with Crippen molar-refractivity contribution < 1.29 is 19.1 Å². The number of benzene rings is 1. The fourth-order valence-corrected chi connectivity index (χ4v) is 2.69. The minimum absolute atomic E-state index is 0.0863. The standard InChI is InChI=1S/C15H15NO4/c17-14(16-11-6-5-10(7-11)15(18)19)13-8-9-3-1-2-4-12(9)20-13/h1-4,8,10-11H,5-7H2,(H,16,17)(H,18,19)/t10-,11-/m1/s1. The molecule has 20 heavy (non-hydrogen) atoms. The summed E-state index contributed by atoms with van der Waals surface area (Å²) in [4.78, 5) is 23.0. The molecule has 2 N–H and O–H groups in total. The summed E-state index contributed by atoms with van der Waals surface area (Å²) in [7, 11) is 0. The first-order chi connectivity index (χ1) is 9.63. The number of hydrogen-bond donors (Lipinski definition) is 2. The zero-order valence-electron chi connectivity index (χ0n) is 10.8. The van der Waals surface area contributed by atoms with Crippen LogP contribution in [0.3, 0.4) is 0 Å². The second-order valence-electron chi connectivity index (χ2n) is 5.17. The monoisotopic (exact) mass is 273 g/mol. The van der Waals surface area contributed by atoms with Gasteiger partial charge in [0.25, 0.3) is 5.91 Å². The van der Waals surface area contributed by atoms with Crippen LogP contribution in [0.1, 0.15) is 29.8 Å². The van der Waals surface area contributed by atoms with Gasteiger partial charge in [-0.1, -0.05) is 18.2 Å². The van der Waals surface area contributed by atoms with Crippen LogP contribution in [0.2, 0.25) is 0 Å². The van der Waals surface area contributed by atoms with E-state index in [4.69, 9.17) is 9.52 Å². The molecule has 1 aromatic carbocycles. The first kappa shape index (κ1) is 12.7. The molecule has 1 saturated carbocycles. The summed E-state index contributed by atoms with van der Waals surface area (Å²) in [6.45, 7) is 0. The third-order valence-corrected chi connectivity index (χ3v) is 3.77. The summed E-state index contributed by atoms with van der Waals surface area (Å²) in [5.74, 6) is -1.15. The van der Waals surface area contributed by atoms with Gasteiger partial charge < -0.3 is 14.8 Å². The minimum atomic E-state index is -0.787. The Bertz CT molecular complexity index is 628. The Balaban J connectivity index is 1.69. The topological polar surface area (TPSA) is 79.5 Å². The number of amides is 1. The van der Waals surface area contributed by atoms with Gasteiger partial charge >= 0.3 is 5.97 Å². The molecule has 0 saturated heterocycles. The van der Waals surface area contributed by atoms with Gasteiger partial charge in [0, 0.05) is 11.4 Å². The van der Waals surface area contributed by atoms with Crippen LogP contribution >= 0.6 is 0 Å². The van der Waals surface area contributed by atoms with E-state index >= 15 is 0 Å². The number of rotatable bonds is 3. The van der Waals surface area contributed by atoms with Crippen molar-refractivity contribution in [3.8, 4) is 0 Å². The normalized spacial score (nSPS) is 22.0. The lowest BCUT2D eigenvalue weighted by atomic mass is 10.1. The van der Waals surface area contributed by atoms with Gasteiger partial charge in [0.05, 0.1) is 5.92 Å². The van der Waals surface area contributed by atoms with Gasteiger partial charge in [-0.15, -0.1) is 0 Å². The van der Waals surface area contributed by atoms with E-state index in [2.05, 4.69) is 5.32 Å².